The summed E-state index contributed by atoms with van der Waals surface area (Å²) >= 11 is 1.21. The highest BCUT2D eigenvalue weighted by Gasteiger charge is 2.23. The number of para-hydroxylation sites is 1. The molecule has 3 amide bonds. The van der Waals surface area contributed by atoms with E-state index in [0.717, 1.165) is 16.8 Å². The molecule has 5 nitrogen and oxygen atoms in total. The van der Waals surface area contributed by atoms with Crippen LogP contribution in [0.3, 0.4) is 0 Å². The van der Waals surface area contributed by atoms with E-state index < -0.39 is 0 Å². The van der Waals surface area contributed by atoms with Crippen LogP contribution in [0.5, 0.6) is 0 Å². The van der Waals surface area contributed by atoms with Crippen molar-refractivity contribution in [2.45, 2.75) is 17.9 Å². The second-order valence-corrected chi connectivity index (χ2v) is 8.19. The van der Waals surface area contributed by atoms with Gasteiger partial charge in [0.1, 0.15) is 5.82 Å². The second kappa shape index (κ2) is 9.66. The summed E-state index contributed by atoms with van der Waals surface area (Å²) in [5.41, 5.74) is 3.51. The lowest BCUT2D eigenvalue weighted by molar-refractivity contribution is -0.129. The van der Waals surface area contributed by atoms with Crippen molar-refractivity contribution in [2.24, 2.45) is 0 Å². The smallest absolute Gasteiger partial charge is 0.323 e. The lowest BCUT2D eigenvalue weighted by atomic mass is 9.97. The van der Waals surface area contributed by atoms with E-state index in [1.54, 1.807) is 23.1 Å². The molecule has 0 aromatic heterocycles. The molecule has 0 fully saturated rings. The lowest BCUT2D eigenvalue weighted by Crippen LogP contribution is -2.37. The van der Waals surface area contributed by atoms with Gasteiger partial charge in [0.15, 0.2) is 0 Å². The van der Waals surface area contributed by atoms with E-state index in [9.17, 15) is 14.0 Å². The van der Waals surface area contributed by atoms with Crippen LogP contribution in [-0.2, 0) is 17.8 Å². The number of fused-ring (bicyclic) bond motifs is 1. The Hall–Kier alpha value is -3.32. The molecular formula is C24H22FN3O2S. The van der Waals surface area contributed by atoms with Crippen molar-refractivity contribution in [1.82, 2.24) is 4.90 Å². The molecule has 0 saturated carbocycles. The van der Waals surface area contributed by atoms with E-state index in [1.807, 2.05) is 48.5 Å². The highest BCUT2D eigenvalue weighted by molar-refractivity contribution is 8.00. The van der Waals surface area contributed by atoms with Crippen LogP contribution in [0.4, 0.5) is 20.6 Å². The molecule has 31 heavy (non-hydrogen) atoms. The second-order valence-electron chi connectivity index (χ2n) is 7.17. The van der Waals surface area contributed by atoms with E-state index in [0.29, 0.717) is 30.1 Å². The third-order valence-electron chi connectivity index (χ3n) is 5.09. The Kier molecular flexibility index (Phi) is 6.52. The van der Waals surface area contributed by atoms with Crippen molar-refractivity contribution in [3.8, 4) is 0 Å². The highest BCUT2D eigenvalue weighted by atomic mass is 32.2. The molecule has 0 saturated heterocycles. The number of amides is 3. The number of thioether (sulfide) groups is 1. The normalized spacial score (nSPS) is 12.7. The number of carbonyl (C=O) groups is 2. The fourth-order valence-electron chi connectivity index (χ4n) is 3.54. The molecule has 3 aromatic carbocycles. The van der Waals surface area contributed by atoms with Gasteiger partial charge in [0, 0.05) is 29.4 Å². The van der Waals surface area contributed by atoms with Gasteiger partial charge < -0.3 is 15.5 Å². The van der Waals surface area contributed by atoms with Gasteiger partial charge in [0.05, 0.1) is 5.75 Å². The third-order valence-corrected chi connectivity index (χ3v) is 6.12. The Balaban J connectivity index is 1.38. The maximum absolute atomic E-state index is 13.8. The van der Waals surface area contributed by atoms with Gasteiger partial charge in [-0.2, -0.15) is 0 Å². The molecule has 3 aromatic rings. The summed E-state index contributed by atoms with van der Waals surface area (Å²) < 4.78 is 13.8. The SMILES string of the molecule is O=C(Nc1ccccc1)Nc1cccc2c1CCN(C(=O)CSc1ccccc1F)C2. The number of hydrogen-bond acceptors (Lipinski definition) is 3. The monoisotopic (exact) mass is 435 g/mol. The van der Waals surface area contributed by atoms with Crippen molar-refractivity contribution >= 4 is 35.1 Å². The first kappa shape index (κ1) is 20.9. The summed E-state index contributed by atoms with van der Waals surface area (Å²) in [7, 11) is 0. The van der Waals surface area contributed by atoms with Crippen molar-refractivity contribution < 1.29 is 14.0 Å². The quantitative estimate of drug-likeness (QED) is 0.545. The largest absolute Gasteiger partial charge is 0.337 e. The van der Waals surface area contributed by atoms with Gasteiger partial charge in [0.25, 0.3) is 0 Å². The minimum Gasteiger partial charge on any atom is -0.337 e. The molecule has 158 valence electrons. The molecule has 1 aliphatic rings. The number of nitrogens with one attached hydrogen (secondary N) is 2. The zero-order valence-electron chi connectivity index (χ0n) is 16.8. The summed E-state index contributed by atoms with van der Waals surface area (Å²) in [4.78, 5) is 27.3. The molecule has 0 radical (unpaired) electrons. The Morgan fingerprint density at radius 3 is 2.52 bits per heavy atom. The molecule has 1 heterocycles. The molecule has 7 heteroatoms. The number of rotatable bonds is 5. The van der Waals surface area contributed by atoms with Gasteiger partial charge in [-0.05, 0) is 47.9 Å². The summed E-state index contributed by atoms with van der Waals surface area (Å²) in [5, 5.41) is 5.73. The van der Waals surface area contributed by atoms with E-state index in [4.69, 9.17) is 0 Å². The summed E-state index contributed by atoms with van der Waals surface area (Å²) in [6.45, 7) is 1.03. The van der Waals surface area contributed by atoms with E-state index in [1.165, 1.54) is 17.8 Å². The van der Waals surface area contributed by atoms with Crippen LogP contribution in [0.15, 0.2) is 77.7 Å². The predicted octanol–water partition coefficient (Wildman–Crippen LogP) is 5.15. The summed E-state index contributed by atoms with van der Waals surface area (Å²) in [6.07, 6.45) is 0.646. The van der Waals surface area contributed by atoms with Crippen LogP contribution in [0.1, 0.15) is 11.1 Å². The molecule has 0 spiro atoms. The van der Waals surface area contributed by atoms with E-state index in [-0.39, 0.29) is 23.5 Å². The number of urea groups is 1. The molecule has 1 aliphatic heterocycles. The molecular weight excluding hydrogens is 413 g/mol. The fourth-order valence-corrected chi connectivity index (χ4v) is 4.38. The van der Waals surface area contributed by atoms with E-state index in [2.05, 4.69) is 10.6 Å². The van der Waals surface area contributed by atoms with Crippen molar-refractivity contribution in [2.75, 3.05) is 22.9 Å². The Labute approximate surface area is 184 Å². The van der Waals surface area contributed by atoms with Crippen LogP contribution < -0.4 is 10.6 Å². The molecule has 0 atom stereocenters. The maximum Gasteiger partial charge on any atom is 0.323 e. The minimum atomic E-state index is -0.311. The first-order chi connectivity index (χ1) is 15.1. The predicted molar refractivity (Wildman–Crippen MR) is 122 cm³/mol. The zero-order valence-corrected chi connectivity index (χ0v) is 17.6. The number of hydrogen-bond donors (Lipinski definition) is 2. The van der Waals surface area contributed by atoms with Gasteiger partial charge in [0.2, 0.25) is 5.91 Å². The van der Waals surface area contributed by atoms with Gasteiger partial charge in [-0.25, -0.2) is 9.18 Å². The average molecular weight is 436 g/mol. The topological polar surface area (TPSA) is 61.4 Å². The number of nitrogens with zero attached hydrogens (tertiary/aromatic N) is 1. The maximum atomic E-state index is 13.8. The first-order valence-corrected chi connectivity index (χ1v) is 11.0. The zero-order chi connectivity index (χ0) is 21.6. The number of anilines is 2. The molecule has 0 unspecified atom stereocenters. The number of halogens is 1. The fraction of sp³-hybridized carbons (Fsp3) is 0.167. The van der Waals surface area contributed by atoms with Crippen molar-refractivity contribution in [3.63, 3.8) is 0 Å². The molecule has 0 bridgehead atoms. The van der Waals surface area contributed by atoms with Crippen molar-refractivity contribution in [3.05, 3.63) is 89.7 Å². The Morgan fingerprint density at radius 1 is 0.935 bits per heavy atom. The number of benzene rings is 3. The van der Waals surface area contributed by atoms with E-state index >= 15 is 0 Å². The number of carbonyl (C=O) groups excluding carboxylic acids is 2. The molecule has 4 rings (SSSR count). The highest BCUT2D eigenvalue weighted by Crippen LogP contribution is 2.28. The summed E-state index contributed by atoms with van der Waals surface area (Å²) in [6, 6.07) is 21.1. The third kappa shape index (κ3) is 5.24. The van der Waals surface area contributed by atoms with Crippen LogP contribution in [0.2, 0.25) is 0 Å². The van der Waals surface area contributed by atoms with Crippen LogP contribution in [0.25, 0.3) is 0 Å². The summed E-state index contributed by atoms with van der Waals surface area (Å²) in [5.74, 6) is -0.152. The standard InChI is InChI=1S/C24H22FN3O2S/c25-20-10-4-5-12-22(20)31-16-23(29)28-14-13-19-17(15-28)7-6-11-21(19)27-24(30)26-18-8-2-1-3-9-18/h1-12H,13-16H2,(H2,26,27,30). The molecule has 0 aliphatic carbocycles. The molecule has 2 N–H and O–H groups in total. The van der Waals surface area contributed by atoms with Crippen LogP contribution in [-0.4, -0.2) is 29.1 Å². The van der Waals surface area contributed by atoms with Crippen LogP contribution >= 0.6 is 11.8 Å². The Morgan fingerprint density at radius 2 is 1.71 bits per heavy atom. The van der Waals surface area contributed by atoms with Crippen molar-refractivity contribution in [1.29, 1.82) is 0 Å². The van der Waals surface area contributed by atoms with Gasteiger partial charge in [-0.15, -0.1) is 11.8 Å². The van der Waals surface area contributed by atoms with Crippen LogP contribution in [0, 0.1) is 5.82 Å². The Bertz CT molecular complexity index is 1090. The average Bonchev–Trinajstić information content (AvgIpc) is 2.79. The lowest BCUT2D eigenvalue weighted by Gasteiger charge is -2.30. The van der Waals surface area contributed by atoms with Gasteiger partial charge >= 0.3 is 6.03 Å². The first-order valence-electron chi connectivity index (χ1n) is 9.99. The van der Waals surface area contributed by atoms with Gasteiger partial charge in [-0.3, -0.25) is 4.79 Å². The minimum absolute atomic E-state index is 0.0286. The van der Waals surface area contributed by atoms with Gasteiger partial charge in [-0.1, -0.05) is 42.5 Å².